The Hall–Kier alpha value is -1.11. The molecule has 0 radical (unpaired) electrons. The molecule has 0 amide bonds. The number of nitrogens with zero attached hydrogens (tertiary/aromatic N) is 1. The Bertz CT molecular complexity index is 546. The van der Waals surface area contributed by atoms with Gasteiger partial charge in [-0.2, -0.15) is 4.31 Å². The van der Waals surface area contributed by atoms with Gasteiger partial charge in [-0.1, -0.05) is 0 Å². The Morgan fingerprint density at radius 2 is 1.89 bits per heavy atom. The SMILES string of the molecule is Cc1cc(N)cc(C)c1S(=O)(=O)N1CC[C@H](O)C1. The van der Waals surface area contributed by atoms with Gasteiger partial charge in [0.15, 0.2) is 0 Å². The number of aliphatic hydroxyl groups excluding tert-OH is 1. The van der Waals surface area contributed by atoms with Crippen molar-refractivity contribution in [2.24, 2.45) is 0 Å². The fourth-order valence-electron chi connectivity index (χ4n) is 2.45. The highest BCUT2D eigenvalue weighted by Gasteiger charge is 2.33. The van der Waals surface area contributed by atoms with Crippen molar-refractivity contribution in [3.63, 3.8) is 0 Å². The molecule has 6 heteroatoms. The minimum Gasteiger partial charge on any atom is -0.399 e. The molecule has 1 aliphatic rings. The summed E-state index contributed by atoms with van der Waals surface area (Å²) >= 11 is 0. The third kappa shape index (κ3) is 2.23. The fourth-order valence-corrected chi connectivity index (χ4v) is 4.35. The quantitative estimate of drug-likeness (QED) is 0.773. The number of rotatable bonds is 2. The maximum atomic E-state index is 12.5. The number of anilines is 1. The number of hydrogen-bond donors (Lipinski definition) is 2. The van der Waals surface area contributed by atoms with Gasteiger partial charge in [-0.3, -0.25) is 0 Å². The molecule has 1 atom stereocenters. The maximum absolute atomic E-state index is 12.5. The molecule has 0 aromatic heterocycles. The monoisotopic (exact) mass is 270 g/mol. The number of benzene rings is 1. The van der Waals surface area contributed by atoms with E-state index in [4.69, 9.17) is 5.73 Å². The number of nitrogens with two attached hydrogens (primary N) is 1. The topological polar surface area (TPSA) is 83.6 Å². The van der Waals surface area contributed by atoms with Gasteiger partial charge in [0.25, 0.3) is 0 Å². The summed E-state index contributed by atoms with van der Waals surface area (Å²) in [4.78, 5) is 0.311. The molecule has 1 fully saturated rings. The number of β-amino-alcohol motifs (C(OH)–C–C–N with tert-alkyl or cyclic N) is 1. The zero-order valence-electron chi connectivity index (χ0n) is 10.5. The summed E-state index contributed by atoms with van der Waals surface area (Å²) in [7, 11) is -3.53. The highest BCUT2D eigenvalue weighted by molar-refractivity contribution is 7.89. The normalized spacial score (nSPS) is 21.4. The summed E-state index contributed by atoms with van der Waals surface area (Å²) in [5.41, 5.74) is 7.55. The first-order valence-corrected chi connectivity index (χ1v) is 7.31. The fraction of sp³-hybridized carbons (Fsp3) is 0.500. The maximum Gasteiger partial charge on any atom is 0.243 e. The number of hydrogen-bond acceptors (Lipinski definition) is 4. The third-order valence-corrected chi connectivity index (χ3v) is 5.38. The molecule has 1 aliphatic heterocycles. The van der Waals surface area contributed by atoms with Gasteiger partial charge < -0.3 is 10.8 Å². The van der Waals surface area contributed by atoms with Crippen LogP contribution in [0, 0.1) is 13.8 Å². The van der Waals surface area contributed by atoms with E-state index in [1.165, 1.54) is 4.31 Å². The summed E-state index contributed by atoms with van der Waals surface area (Å²) in [5, 5.41) is 9.47. The van der Waals surface area contributed by atoms with Crippen molar-refractivity contribution in [1.82, 2.24) is 4.31 Å². The van der Waals surface area contributed by atoms with E-state index in [9.17, 15) is 13.5 Å². The Balaban J connectivity index is 2.48. The van der Waals surface area contributed by atoms with E-state index in [1.807, 2.05) is 0 Å². The molecule has 0 spiro atoms. The van der Waals surface area contributed by atoms with E-state index in [1.54, 1.807) is 26.0 Å². The number of aryl methyl sites for hydroxylation is 2. The smallest absolute Gasteiger partial charge is 0.243 e. The summed E-state index contributed by atoms with van der Waals surface area (Å²) in [5.74, 6) is 0. The first-order chi connectivity index (χ1) is 8.32. The van der Waals surface area contributed by atoms with Crippen molar-refractivity contribution in [3.8, 4) is 0 Å². The van der Waals surface area contributed by atoms with Gasteiger partial charge in [-0.05, 0) is 43.5 Å². The van der Waals surface area contributed by atoms with Crippen molar-refractivity contribution in [2.45, 2.75) is 31.3 Å². The van der Waals surface area contributed by atoms with Gasteiger partial charge in [-0.15, -0.1) is 0 Å². The van der Waals surface area contributed by atoms with Crippen LogP contribution < -0.4 is 5.73 Å². The Morgan fingerprint density at radius 3 is 2.33 bits per heavy atom. The summed E-state index contributed by atoms with van der Waals surface area (Å²) in [6.07, 6.45) is -0.0686. The zero-order chi connectivity index (χ0) is 13.5. The van der Waals surface area contributed by atoms with Crippen molar-refractivity contribution >= 4 is 15.7 Å². The average molecular weight is 270 g/mol. The van der Waals surface area contributed by atoms with Gasteiger partial charge in [0, 0.05) is 18.8 Å². The van der Waals surface area contributed by atoms with Crippen LogP contribution in [0.2, 0.25) is 0 Å². The largest absolute Gasteiger partial charge is 0.399 e. The molecular formula is C12H18N2O3S. The van der Waals surface area contributed by atoms with Crippen molar-refractivity contribution in [2.75, 3.05) is 18.8 Å². The van der Waals surface area contributed by atoms with Crippen molar-refractivity contribution in [3.05, 3.63) is 23.3 Å². The molecule has 0 aliphatic carbocycles. The first-order valence-electron chi connectivity index (χ1n) is 5.87. The second kappa shape index (κ2) is 4.53. The zero-order valence-corrected chi connectivity index (χ0v) is 11.4. The molecule has 1 aromatic carbocycles. The van der Waals surface area contributed by atoms with Gasteiger partial charge in [-0.25, -0.2) is 8.42 Å². The van der Waals surface area contributed by atoms with Crippen molar-refractivity contribution in [1.29, 1.82) is 0 Å². The second-order valence-electron chi connectivity index (χ2n) is 4.79. The molecule has 1 aromatic rings. The van der Waals surface area contributed by atoms with Crippen LogP contribution in [0.1, 0.15) is 17.5 Å². The minimum atomic E-state index is -3.53. The van der Waals surface area contributed by atoms with E-state index < -0.39 is 16.1 Å². The molecule has 100 valence electrons. The van der Waals surface area contributed by atoms with Gasteiger partial charge in [0.1, 0.15) is 0 Å². The van der Waals surface area contributed by atoms with Crippen LogP contribution >= 0.6 is 0 Å². The third-order valence-electron chi connectivity index (χ3n) is 3.21. The lowest BCUT2D eigenvalue weighted by Crippen LogP contribution is -2.30. The van der Waals surface area contributed by atoms with Gasteiger partial charge in [0.2, 0.25) is 10.0 Å². The predicted octanol–water partition coefficient (Wildman–Crippen LogP) is 0.641. The predicted molar refractivity (Wildman–Crippen MR) is 69.7 cm³/mol. The summed E-state index contributed by atoms with van der Waals surface area (Å²) < 4.78 is 26.4. The van der Waals surface area contributed by atoms with Crippen LogP contribution in [0.5, 0.6) is 0 Å². The molecule has 5 nitrogen and oxygen atoms in total. The highest BCUT2D eigenvalue weighted by Crippen LogP contribution is 2.28. The number of sulfonamides is 1. The van der Waals surface area contributed by atoms with Crippen LogP contribution in [-0.4, -0.2) is 37.0 Å². The number of nitrogen functional groups attached to an aromatic ring is 1. The van der Waals surface area contributed by atoms with Gasteiger partial charge >= 0.3 is 0 Å². The Kier molecular flexibility index (Phi) is 3.35. The molecule has 1 heterocycles. The average Bonchev–Trinajstić information content (AvgIpc) is 2.63. The lowest BCUT2D eigenvalue weighted by atomic mass is 10.1. The molecular weight excluding hydrogens is 252 g/mol. The Morgan fingerprint density at radius 1 is 1.33 bits per heavy atom. The van der Waals surface area contributed by atoms with E-state index in [0.29, 0.717) is 34.7 Å². The molecule has 18 heavy (non-hydrogen) atoms. The molecule has 3 N–H and O–H groups in total. The van der Waals surface area contributed by atoms with Crippen LogP contribution in [0.4, 0.5) is 5.69 Å². The van der Waals surface area contributed by atoms with Crippen LogP contribution in [0.15, 0.2) is 17.0 Å². The van der Waals surface area contributed by atoms with E-state index in [-0.39, 0.29) is 6.54 Å². The molecule has 2 rings (SSSR count). The lowest BCUT2D eigenvalue weighted by Gasteiger charge is -2.19. The van der Waals surface area contributed by atoms with E-state index in [2.05, 4.69) is 0 Å². The lowest BCUT2D eigenvalue weighted by molar-refractivity contribution is 0.189. The molecule has 0 bridgehead atoms. The van der Waals surface area contributed by atoms with Crippen LogP contribution in [-0.2, 0) is 10.0 Å². The first kappa shape index (κ1) is 13.3. The van der Waals surface area contributed by atoms with Crippen LogP contribution in [0.3, 0.4) is 0 Å². The second-order valence-corrected chi connectivity index (χ2v) is 6.66. The van der Waals surface area contributed by atoms with Crippen LogP contribution in [0.25, 0.3) is 0 Å². The minimum absolute atomic E-state index is 0.172. The highest BCUT2D eigenvalue weighted by atomic mass is 32.2. The van der Waals surface area contributed by atoms with Crippen molar-refractivity contribution < 1.29 is 13.5 Å². The Labute approximate surface area is 107 Å². The summed E-state index contributed by atoms with van der Waals surface area (Å²) in [6.45, 7) is 4.02. The molecule has 1 saturated heterocycles. The summed E-state index contributed by atoms with van der Waals surface area (Å²) in [6, 6.07) is 3.32. The number of aliphatic hydroxyl groups is 1. The van der Waals surface area contributed by atoms with E-state index >= 15 is 0 Å². The molecule has 0 saturated carbocycles. The van der Waals surface area contributed by atoms with Gasteiger partial charge in [0.05, 0.1) is 11.0 Å². The van der Waals surface area contributed by atoms with E-state index in [0.717, 1.165) is 0 Å². The standard InChI is InChI=1S/C12H18N2O3S/c1-8-5-10(13)6-9(2)12(8)18(16,17)14-4-3-11(15)7-14/h5-6,11,15H,3-4,7,13H2,1-2H3/t11-/m0/s1. The molecule has 0 unspecified atom stereocenters.